The highest BCUT2D eigenvalue weighted by molar-refractivity contribution is 5.95. The molecule has 0 unspecified atom stereocenters. The lowest BCUT2D eigenvalue weighted by atomic mass is 10.0. The zero-order chi connectivity index (χ0) is 16.1. The summed E-state index contributed by atoms with van der Waals surface area (Å²) in [7, 11) is 0. The first-order valence-corrected chi connectivity index (χ1v) is 7.42. The van der Waals surface area contributed by atoms with Crippen molar-refractivity contribution in [1.29, 1.82) is 0 Å². The van der Waals surface area contributed by atoms with Crippen LogP contribution < -0.4 is 11.1 Å². The minimum absolute atomic E-state index is 0. The predicted molar refractivity (Wildman–Crippen MR) is 95.5 cm³/mol. The van der Waals surface area contributed by atoms with E-state index in [2.05, 4.69) is 15.3 Å². The summed E-state index contributed by atoms with van der Waals surface area (Å²) in [5, 5.41) is 2.86. The molecule has 0 aliphatic carbocycles. The Morgan fingerprint density at radius 1 is 1.30 bits per heavy atom. The van der Waals surface area contributed by atoms with E-state index in [-0.39, 0.29) is 18.3 Å². The maximum Gasteiger partial charge on any atom is 0.241 e. The molecule has 1 aromatic heterocycles. The average Bonchev–Trinajstić information content (AvgIpc) is 2.47. The third-order valence-electron chi connectivity index (χ3n) is 3.26. The van der Waals surface area contributed by atoms with Crippen LogP contribution in [0.4, 0.5) is 5.69 Å². The molecule has 2 aromatic rings. The molecule has 5 nitrogen and oxygen atoms in total. The molecule has 23 heavy (non-hydrogen) atoms. The van der Waals surface area contributed by atoms with E-state index in [0.29, 0.717) is 18.2 Å². The van der Waals surface area contributed by atoms with E-state index < -0.39 is 6.04 Å². The Kier molecular flexibility index (Phi) is 7.13. The third-order valence-corrected chi connectivity index (χ3v) is 3.26. The number of carbonyl (C=O) groups excluding carboxylic acids is 1. The molecular formula is C17H23ClN4O. The van der Waals surface area contributed by atoms with Gasteiger partial charge in [-0.1, -0.05) is 26.0 Å². The second-order valence-electron chi connectivity index (χ2n) is 5.80. The number of hydrogen-bond donors (Lipinski definition) is 2. The predicted octanol–water partition coefficient (Wildman–Crippen LogP) is 3.19. The minimum atomic E-state index is -0.495. The molecule has 1 aromatic carbocycles. The van der Waals surface area contributed by atoms with Crippen LogP contribution in [0, 0.1) is 12.8 Å². The average molecular weight is 335 g/mol. The van der Waals surface area contributed by atoms with E-state index in [9.17, 15) is 4.79 Å². The summed E-state index contributed by atoms with van der Waals surface area (Å²) < 4.78 is 0. The zero-order valence-corrected chi connectivity index (χ0v) is 14.4. The Balaban J connectivity index is 0.00000264. The van der Waals surface area contributed by atoms with E-state index in [1.165, 1.54) is 0 Å². The highest BCUT2D eigenvalue weighted by atomic mass is 35.5. The van der Waals surface area contributed by atoms with Crippen LogP contribution in [0.15, 0.2) is 36.5 Å². The summed E-state index contributed by atoms with van der Waals surface area (Å²) in [4.78, 5) is 20.6. The first-order chi connectivity index (χ1) is 10.5. The van der Waals surface area contributed by atoms with Gasteiger partial charge in [0, 0.05) is 17.4 Å². The van der Waals surface area contributed by atoms with Crippen LogP contribution in [0.1, 0.15) is 26.1 Å². The molecule has 1 atom stereocenters. The van der Waals surface area contributed by atoms with Crippen molar-refractivity contribution in [2.75, 3.05) is 5.32 Å². The van der Waals surface area contributed by atoms with Gasteiger partial charge < -0.3 is 11.1 Å². The van der Waals surface area contributed by atoms with Crippen molar-refractivity contribution < 1.29 is 4.79 Å². The first-order valence-electron chi connectivity index (χ1n) is 7.42. The Hall–Kier alpha value is -1.98. The molecule has 6 heteroatoms. The summed E-state index contributed by atoms with van der Waals surface area (Å²) >= 11 is 0. The van der Waals surface area contributed by atoms with Crippen molar-refractivity contribution in [3.63, 3.8) is 0 Å². The minimum Gasteiger partial charge on any atom is -0.325 e. The number of benzene rings is 1. The molecule has 2 rings (SSSR count). The Morgan fingerprint density at radius 3 is 2.70 bits per heavy atom. The number of nitrogens with one attached hydrogen (secondary N) is 1. The molecule has 0 fully saturated rings. The second kappa shape index (κ2) is 8.60. The van der Waals surface area contributed by atoms with Crippen LogP contribution in [-0.4, -0.2) is 21.9 Å². The number of aromatic nitrogens is 2. The molecule has 0 saturated carbocycles. The van der Waals surface area contributed by atoms with Gasteiger partial charge in [-0.05, 0) is 37.5 Å². The number of nitrogens with two attached hydrogens (primary N) is 1. The number of halogens is 1. The van der Waals surface area contributed by atoms with E-state index in [0.717, 1.165) is 16.9 Å². The second-order valence-corrected chi connectivity index (χ2v) is 5.80. The Labute approximate surface area is 143 Å². The molecule has 0 aliphatic heterocycles. The summed E-state index contributed by atoms with van der Waals surface area (Å²) in [6, 6.07) is 8.92. The Bertz CT molecular complexity index is 661. The maximum absolute atomic E-state index is 12.1. The molecule has 0 bridgehead atoms. The summed E-state index contributed by atoms with van der Waals surface area (Å²) in [6.07, 6.45) is 2.39. The van der Waals surface area contributed by atoms with Crippen molar-refractivity contribution in [2.45, 2.75) is 33.2 Å². The quantitative estimate of drug-likeness (QED) is 0.879. The molecule has 1 heterocycles. The van der Waals surface area contributed by atoms with Crippen LogP contribution in [0.25, 0.3) is 11.3 Å². The van der Waals surface area contributed by atoms with Crippen molar-refractivity contribution in [3.05, 3.63) is 42.4 Å². The molecule has 0 radical (unpaired) electrons. The standard InChI is InChI=1S/C17H22N4O.ClH/c1-11(2)9-15(18)17(22)21-14-6-4-5-13(10-14)16-7-8-19-12(3)20-16;/h4-8,10-11,15H,9,18H2,1-3H3,(H,21,22);1H/t15-;/m0./s1. The van der Waals surface area contributed by atoms with Crippen LogP contribution in [0.5, 0.6) is 0 Å². The van der Waals surface area contributed by atoms with Crippen molar-refractivity contribution >= 4 is 24.0 Å². The van der Waals surface area contributed by atoms with Crippen LogP contribution >= 0.6 is 12.4 Å². The van der Waals surface area contributed by atoms with Gasteiger partial charge in [0.05, 0.1) is 11.7 Å². The molecule has 0 saturated heterocycles. The number of anilines is 1. The number of nitrogens with zero attached hydrogens (tertiary/aromatic N) is 2. The van der Waals surface area contributed by atoms with Gasteiger partial charge in [-0.15, -0.1) is 12.4 Å². The van der Waals surface area contributed by atoms with Crippen molar-refractivity contribution in [1.82, 2.24) is 9.97 Å². The lowest BCUT2D eigenvalue weighted by molar-refractivity contribution is -0.117. The zero-order valence-electron chi connectivity index (χ0n) is 13.6. The molecule has 1 amide bonds. The largest absolute Gasteiger partial charge is 0.325 e. The fourth-order valence-corrected chi connectivity index (χ4v) is 2.22. The highest BCUT2D eigenvalue weighted by Crippen LogP contribution is 2.21. The molecule has 0 spiro atoms. The maximum atomic E-state index is 12.1. The molecule has 124 valence electrons. The van der Waals surface area contributed by atoms with E-state index in [1.54, 1.807) is 6.20 Å². The number of aryl methyl sites for hydroxylation is 1. The number of hydrogen-bond acceptors (Lipinski definition) is 4. The first kappa shape index (κ1) is 19.1. The summed E-state index contributed by atoms with van der Waals surface area (Å²) in [5.41, 5.74) is 8.38. The van der Waals surface area contributed by atoms with Gasteiger partial charge in [0.25, 0.3) is 0 Å². The van der Waals surface area contributed by atoms with E-state index >= 15 is 0 Å². The van der Waals surface area contributed by atoms with Crippen LogP contribution in [0.2, 0.25) is 0 Å². The van der Waals surface area contributed by atoms with E-state index in [4.69, 9.17) is 5.73 Å². The van der Waals surface area contributed by atoms with Gasteiger partial charge in [0.2, 0.25) is 5.91 Å². The van der Waals surface area contributed by atoms with Gasteiger partial charge in [0.1, 0.15) is 5.82 Å². The monoisotopic (exact) mass is 334 g/mol. The van der Waals surface area contributed by atoms with Crippen LogP contribution in [0.3, 0.4) is 0 Å². The smallest absolute Gasteiger partial charge is 0.241 e. The number of carbonyl (C=O) groups is 1. The number of rotatable bonds is 5. The SMILES string of the molecule is Cc1nccc(-c2cccc(NC(=O)[C@@H](N)CC(C)C)c2)n1.Cl. The highest BCUT2D eigenvalue weighted by Gasteiger charge is 2.15. The number of amides is 1. The Morgan fingerprint density at radius 2 is 2.04 bits per heavy atom. The summed E-state index contributed by atoms with van der Waals surface area (Å²) in [5.74, 6) is 0.937. The van der Waals surface area contributed by atoms with E-state index in [1.807, 2.05) is 51.1 Å². The van der Waals surface area contributed by atoms with Crippen molar-refractivity contribution in [2.24, 2.45) is 11.7 Å². The fourth-order valence-electron chi connectivity index (χ4n) is 2.22. The van der Waals surface area contributed by atoms with Crippen molar-refractivity contribution in [3.8, 4) is 11.3 Å². The van der Waals surface area contributed by atoms with Gasteiger partial charge in [0.15, 0.2) is 0 Å². The molecule has 0 aliphatic rings. The van der Waals surface area contributed by atoms with Gasteiger partial charge in [-0.25, -0.2) is 9.97 Å². The molecule has 3 N–H and O–H groups in total. The third kappa shape index (κ3) is 5.62. The summed E-state index contributed by atoms with van der Waals surface area (Å²) in [6.45, 7) is 5.94. The van der Waals surface area contributed by atoms with Gasteiger partial charge in [-0.3, -0.25) is 4.79 Å². The van der Waals surface area contributed by atoms with Gasteiger partial charge >= 0.3 is 0 Å². The normalized spacial score (nSPS) is 11.7. The van der Waals surface area contributed by atoms with Crippen LogP contribution in [-0.2, 0) is 4.79 Å². The molecular weight excluding hydrogens is 312 g/mol. The topological polar surface area (TPSA) is 80.9 Å². The van der Waals surface area contributed by atoms with Gasteiger partial charge in [-0.2, -0.15) is 0 Å². The lowest BCUT2D eigenvalue weighted by Crippen LogP contribution is -2.36. The fraction of sp³-hybridized carbons (Fsp3) is 0.353. The lowest BCUT2D eigenvalue weighted by Gasteiger charge is -2.14.